The average Bonchev–Trinajstić information content (AvgIpc) is 1.51. The number of nitrogens with one attached hydrogen (secondary N) is 1. The predicted octanol–water partition coefficient (Wildman–Crippen LogP) is 22.8. The average molecular weight is 1650 g/mol. The summed E-state index contributed by atoms with van der Waals surface area (Å²) in [6, 6.07) is 151. The minimum atomic E-state index is -0.503. The van der Waals surface area contributed by atoms with Gasteiger partial charge < -0.3 is 10.1 Å². The van der Waals surface area contributed by atoms with Crippen molar-refractivity contribution in [1.29, 1.82) is 0 Å². The first-order chi connectivity index (χ1) is 56.4. The van der Waals surface area contributed by atoms with E-state index in [-0.39, 0.29) is 44.7 Å². The zero-order chi connectivity index (χ0) is 76.2. The van der Waals surface area contributed by atoms with Gasteiger partial charge in [0.2, 0.25) is 5.52 Å². The van der Waals surface area contributed by atoms with Crippen LogP contribution in [0.1, 0.15) is 22.3 Å². The van der Waals surface area contributed by atoms with Crippen molar-refractivity contribution in [2.75, 3.05) is 0 Å². The quantitative estimate of drug-likeness (QED) is 0.0898. The van der Waals surface area contributed by atoms with Gasteiger partial charge in [-0.2, -0.15) is 0 Å². The summed E-state index contributed by atoms with van der Waals surface area (Å²) < 4.78 is 0. The van der Waals surface area contributed by atoms with E-state index in [1.807, 2.05) is 48.7 Å². The molecule has 19 aromatic rings. The van der Waals surface area contributed by atoms with Gasteiger partial charge >= 0.3 is 18.9 Å². The molecular formula is C108H72IrLiN5O. The third kappa shape index (κ3) is 14.9. The molecule has 8 heteroatoms. The van der Waals surface area contributed by atoms with E-state index < -0.39 is 5.41 Å². The van der Waals surface area contributed by atoms with E-state index in [1.54, 1.807) is 18.3 Å². The Morgan fingerprint density at radius 2 is 0.595 bits per heavy atom. The molecule has 0 atom stereocenters. The summed E-state index contributed by atoms with van der Waals surface area (Å²) in [6.07, 6.45) is 3.57. The SMILES string of the molecule is [Ir].[Li+].[O-]c1cccc2ccc[nH+]c12.[c-]1ccc(-c2cccc(-c3cc(-c4ccccc4)cc(-c4ccccc4)c3)c2)cc1-c1ccccn1.c1ccc(-c2cc(-c3ccccc3)cc(-c3nc(-c4cc(-c5ccccc5)cc(-c5ccccc5)c4)nc(-c4ccc5c(c4)C4(c6ccccc6-c6ccccc64)c4ccccc4-5)n3)c2)cc1. The molecule has 0 saturated carbocycles. The van der Waals surface area contributed by atoms with Crippen molar-refractivity contribution >= 4 is 10.9 Å². The standard InChI is InChI=1S/C64H41N3.C35H24N.C9H7NO.Ir.Li/c1-5-19-42(20-6-1)47-35-48(43-21-7-2-8-22-43)38-51(37-47)62-65-61(66-63(67-62)52-39-49(44-23-9-3-10-24-44)36-50(40-52)45-25-11-4-12-26-45)46-33-34-56-55-29-15-18-32-59(55)64(60(56)41-46)57-30-16-13-27-53(57)54-28-14-17-31-58(54)64;1-3-11-26(12-4-1)32-23-33(27-13-5-2-6-14-27)25-34(24-32)30-17-9-15-28(21-30)29-16-10-18-31(22-29)35-19-7-8-20-36-35;11-8-5-1-3-7-4-2-6-10-9(7)8;;/h1-41H;1-17,19-25H;1-6,11H;;/q;-1;;;+1. The Balaban J connectivity index is 0.000000164. The van der Waals surface area contributed by atoms with Crippen molar-refractivity contribution in [3.63, 3.8) is 0 Å². The van der Waals surface area contributed by atoms with Crippen molar-refractivity contribution in [2.24, 2.45) is 0 Å². The van der Waals surface area contributed by atoms with Gasteiger partial charge in [0.25, 0.3) is 0 Å². The molecule has 21 rings (SSSR count). The Morgan fingerprint density at radius 1 is 0.259 bits per heavy atom. The van der Waals surface area contributed by atoms with E-state index in [2.05, 4.69) is 380 Å². The first-order valence-electron chi connectivity index (χ1n) is 38.5. The number of aromatic nitrogens is 5. The van der Waals surface area contributed by atoms with Crippen molar-refractivity contribution < 1.29 is 49.1 Å². The van der Waals surface area contributed by atoms with Gasteiger partial charge in [-0.25, -0.2) is 19.9 Å². The Labute approximate surface area is 701 Å². The maximum Gasteiger partial charge on any atom is 1.00 e. The first kappa shape index (κ1) is 74.9. The summed E-state index contributed by atoms with van der Waals surface area (Å²) in [5, 5.41) is 12.1. The molecular weight excluding hydrogens is 1580 g/mol. The Morgan fingerprint density at radius 3 is 1.02 bits per heavy atom. The molecule has 3 heterocycles. The van der Waals surface area contributed by atoms with Crippen LogP contribution in [0.2, 0.25) is 0 Å². The predicted molar refractivity (Wildman–Crippen MR) is 464 cm³/mol. The Hall–Kier alpha value is -13.9. The monoisotopic (exact) mass is 1650 g/mol. The summed E-state index contributed by atoms with van der Waals surface area (Å²) >= 11 is 0. The van der Waals surface area contributed by atoms with Gasteiger partial charge in [-0.3, -0.25) is 0 Å². The topological polar surface area (TPSA) is 88.8 Å². The van der Waals surface area contributed by atoms with Gasteiger partial charge in [0.05, 0.1) is 5.41 Å². The van der Waals surface area contributed by atoms with Gasteiger partial charge in [-0.15, -0.1) is 35.4 Å². The molecule has 0 amide bonds. The molecule has 0 saturated heterocycles. The number of pyridine rings is 2. The molecule has 6 nitrogen and oxygen atoms in total. The smallest absolute Gasteiger partial charge is 0.868 e. The summed E-state index contributed by atoms with van der Waals surface area (Å²) in [5.41, 5.74) is 33.5. The van der Waals surface area contributed by atoms with Crippen LogP contribution in [-0.4, -0.2) is 19.9 Å². The van der Waals surface area contributed by atoms with Crippen LogP contribution >= 0.6 is 0 Å². The molecule has 0 aliphatic heterocycles. The number of nitrogens with zero attached hydrogens (tertiary/aromatic N) is 4. The van der Waals surface area contributed by atoms with Crippen LogP contribution in [-0.2, 0) is 25.5 Å². The van der Waals surface area contributed by atoms with E-state index in [4.69, 9.17) is 15.0 Å². The third-order valence-electron chi connectivity index (χ3n) is 21.8. The van der Waals surface area contributed by atoms with Crippen molar-refractivity contribution in [1.82, 2.24) is 19.9 Å². The Bertz CT molecular complexity index is 6350. The second-order valence-corrected chi connectivity index (χ2v) is 28.7. The fraction of sp³-hybridized carbons (Fsp3) is 0.00926. The van der Waals surface area contributed by atoms with Crippen LogP contribution in [0.4, 0.5) is 0 Å². The van der Waals surface area contributed by atoms with E-state index in [9.17, 15) is 5.11 Å². The van der Waals surface area contributed by atoms with Crippen LogP contribution in [0.3, 0.4) is 0 Å². The molecule has 16 aromatic carbocycles. The van der Waals surface area contributed by atoms with Gasteiger partial charge in [-0.05, 0) is 224 Å². The second-order valence-electron chi connectivity index (χ2n) is 28.7. The van der Waals surface area contributed by atoms with Crippen molar-refractivity contribution in [3.8, 4) is 162 Å². The van der Waals surface area contributed by atoms with Crippen LogP contribution in [0.15, 0.2) is 431 Å². The van der Waals surface area contributed by atoms with Crippen LogP contribution in [0.5, 0.6) is 5.75 Å². The van der Waals surface area contributed by atoms with E-state index in [0.29, 0.717) is 23.0 Å². The molecule has 1 N–H and O–H groups in total. The molecule has 2 aliphatic rings. The van der Waals surface area contributed by atoms with E-state index >= 15 is 0 Å². The molecule has 1 spiro atoms. The van der Waals surface area contributed by atoms with Crippen LogP contribution in [0.25, 0.3) is 168 Å². The zero-order valence-electron chi connectivity index (χ0n) is 63.5. The molecule has 3 aromatic heterocycles. The Kier molecular flexibility index (Phi) is 21.6. The zero-order valence-corrected chi connectivity index (χ0v) is 65.9. The molecule has 0 fully saturated rings. The van der Waals surface area contributed by atoms with E-state index in [1.165, 1.54) is 83.5 Å². The summed E-state index contributed by atoms with van der Waals surface area (Å²) in [7, 11) is 0. The number of H-pyrrole nitrogens is 1. The van der Waals surface area contributed by atoms with Gasteiger partial charge in [0.1, 0.15) is 0 Å². The number of para-hydroxylation sites is 1. The minimum Gasteiger partial charge on any atom is -0.868 e. The van der Waals surface area contributed by atoms with Crippen molar-refractivity contribution in [3.05, 3.63) is 459 Å². The molecule has 2 aliphatic carbocycles. The third-order valence-corrected chi connectivity index (χ3v) is 21.8. The van der Waals surface area contributed by atoms with Gasteiger partial charge in [-0.1, -0.05) is 309 Å². The van der Waals surface area contributed by atoms with Crippen LogP contribution in [0, 0.1) is 6.07 Å². The molecule has 0 bridgehead atoms. The number of hydrogen-bond donors (Lipinski definition) is 0. The second kappa shape index (κ2) is 33.4. The minimum absolute atomic E-state index is 0. The normalized spacial score (nSPS) is 11.6. The molecule has 545 valence electrons. The summed E-state index contributed by atoms with van der Waals surface area (Å²) in [5.74, 6) is 1.88. The van der Waals surface area contributed by atoms with Crippen molar-refractivity contribution in [2.45, 2.75) is 5.41 Å². The van der Waals surface area contributed by atoms with Gasteiger partial charge in [0, 0.05) is 54.4 Å². The summed E-state index contributed by atoms with van der Waals surface area (Å²) in [4.78, 5) is 23.8. The number of aromatic amines is 1. The number of rotatable bonds is 12. The molecule has 0 unspecified atom stereocenters. The maximum atomic E-state index is 11.1. The largest absolute Gasteiger partial charge is 1.00 e. The summed E-state index contributed by atoms with van der Waals surface area (Å²) in [6.45, 7) is 0. The van der Waals surface area contributed by atoms with Crippen LogP contribution < -0.4 is 29.0 Å². The van der Waals surface area contributed by atoms with E-state index in [0.717, 1.165) is 83.4 Å². The fourth-order valence-electron chi connectivity index (χ4n) is 16.4. The molecule has 116 heavy (non-hydrogen) atoms. The fourth-order valence-corrected chi connectivity index (χ4v) is 16.4. The number of hydrogen-bond acceptors (Lipinski definition) is 5. The maximum absolute atomic E-state index is 11.1. The number of benzene rings is 16. The van der Waals surface area contributed by atoms with Gasteiger partial charge in [0.15, 0.2) is 23.7 Å². The molecule has 1 radical (unpaired) electrons. The number of fused-ring (bicyclic) bond motifs is 11. The first-order valence-corrected chi connectivity index (χ1v) is 38.5.